The summed E-state index contributed by atoms with van der Waals surface area (Å²) in [5, 5.41) is 7.17. The van der Waals surface area contributed by atoms with Gasteiger partial charge in [-0.15, -0.1) is 0 Å². The predicted octanol–water partition coefficient (Wildman–Crippen LogP) is 4.68. The SMILES string of the molecule is O=C(Nc1cccnc1)c1cccc2ccc(-c3cccc(OC4CCNCC4)c3)nc12. The van der Waals surface area contributed by atoms with Crippen LogP contribution < -0.4 is 15.4 Å². The van der Waals surface area contributed by atoms with E-state index in [1.165, 1.54) is 0 Å². The summed E-state index contributed by atoms with van der Waals surface area (Å²) in [6.07, 6.45) is 5.54. The Morgan fingerprint density at radius 1 is 1.00 bits per heavy atom. The maximum absolute atomic E-state index is 12.9. The van der Waals surface area contributed by atoms with Gasteiger partial charge in [0.1, 0.15) is 11.9 Å². The molecule has 0 radical (unpaired) electrons. The van der Waals surface area contributed by atoms with Crippen molar-refractivity contribution in [3.8, 4) is 17.0 Å². The second-order valence-electron chi connectivity index (χ2n) is 7.86. The van der Waals surface area contributed by atoms with Gasteiger partial charge in [-0.3, -0.25) is 9.78 Å². The molecule has 1 fully saturated rings. The average Bonchev–Trinajstić information content (AvgIpc) is 2.85. The Kier molecular flexibility index (Phi) is 5.77. The number of nitrogens with one attached hydrogen (secondary N) is 2. The average molecular weight is 425 g/mol. The summed E-state index contributed by atoms with van der Waals surface area (Å²) in [5.74, 6) is 0.634. The topological polar surface area (TPSA) is 76.1 Å². The molecule has 0 atom stereocenters. The Bertz CT molecular complexity index is 1240. The molecule has 0 spiro atoms. The second-order valence-corrected chi connectivity index (χ2v) is 7.86. The number of piperidine rings is 1. The highest BCUT2D eigenvalue weighted by Gasteiger charge is 2.16. The van der Waals surface area contributed by atoms with Crippen LogP contribution in [0.15, 0.2) is 79.1 Å². The highest BCUT2D eigenvalue weighted by Crippen LogP contribution is 2.27. The van der Waals surface area contributed by atoms with E-state index in [-0.39, 0.29) is 12.0 Å². The van der Waals surface area contributed by atoms with Gasteiger partial charge in [-0.2, -0.15) is 0 Å². The van der Waals surface area contributed by atoms with E-state index in [2.05, 4.69) is 15.6 Å². The summed E-state index contributed by atoms with van der Waals surface area (Å²) < 4.78 is 6.20. The second kappa shape index (κ2) is 9.16. The third kappa shape index (κ3) is 4.45. The van der Waals surface area contributed by atoms with E-state index in [4.69, 9.17) is 9.72 Å². The Labute approximate surface area is 186 Å². The largest absolute Gasteiger partial charge is 0.490 e. The fourth-order valence-electron chi connectivity index (χ4n) is 3.96. The molecule has 2 aromatic heterocycles. The van der Waals surface area contributed by atoms with Crippen molar-refractivity contribution in [1.82, 2.24) is 15.3 Å². The molecule has 3 heterocycles. The van der Waals surface area contributed by atoms with Gasteiger partial charge in [-0.25, -0.2) is 4.98 Å². The summed E-state index contributed by atoms with van der Waals surface area (Å²) in [4.78, 5) is 21.9. The predicted molar refractivity (Wildman–Crippen MR) is 126 cm³/mol. The Morgan fingerprint density at radius 2 is 1.88 bits per heavy atom. The van der Waals surface area contributed by atoms with E-state index >= 15 is 0 Å². The maximum atomic E-state index is 12.9. The third-order valence-electron chi connectivity index (χ3n) is 5.60. The van der Waals surface area contributed by atoms with Gasteiger partial charge in [0.05, 0.1) is 28.7 Å². The lowest BCUT2D eigenvalue weighted by molar-refractivity contribution is 0.102. The van der Waals surface area contributed by atoms with Crippen molar-refractivity contribution in [2.75, 3.05) is 18.4 Å². The van der Waals surface area contributed by atoms with E-state index in [0.717, 1.165) is 48.3 Å². The number of nitrogens with zero attached hydrogens (tertiary/aromatic N) is 2. The first kappa shape index (κ1) is 20.2. The van der Waals surface area contributed by atoms with Gasteiger partial charge in [0, 0.05) is 17.1 Å². The lowest BCUT2D eigenvalue weighted by atomic mass is 10.1. The van der Waals surface area contributed by atoms with Gasteiger partial charge in [0.25, 0.3) is 5.91 Å². The monoisotopic (exact) mass is 424 g/mol. The molecule has 5 rings (SSSR count). The first-order valence-corrected chi connectivity index (χ1v) is 10.9. The molecule has 0 aliphatic carbocycles. The number of aromatic nitrogens is 2. The summed E-state index contributed by atoms with van der Waals surface area (Å²) in [6, 6.07) is 21.2. The zero-order valence-electron chi connectivity index (χ0n) is 17.6. The van der Waals surface area contributed by atoms with Crippen LogP contribution in [0.5, 0.6) is 5.75 Å². The van der Waals surface area contributed by atoms with Gasteiger partial charge in [0.2, 0.25) is 0 Å². The molecule has 1 amide bonds. The molecular formula is C26H24N4O2. The van der Waals surface area contributed by atoms with E-state index in [9.17, 15) is 4.79 Å². The van der Waals surface area contributed by atoms with Crippen LogP contribution in [0.1, 0.15) is 23.2 Å². The minimum Gasteiger partial charge on any atom is -0.490 e. The summed E-state index contributed by atoms with van der Waals surface area (Å²) >= 11 is 0. The fraction of sp³-hybridized carbons (Fsp3) is 0.192. The Balaban J connectivity index is 1.45. The molecule has 2 N–H and O–H groups in total. The number of pyridine rings is 2. The molecule has 6 heteroatoms. The number of anilines is 1. The van der Waals surface area contributed by atoms with E-state index in [1.807, 2.05) is 54.6 Å². The molecule has 160 valence electrons. The number of fused-ring (bicyclic) bond motifs is 1. The van der Waals surface area contributed by atoms with Crippen LogP contribution in [-0.2, 0) is 0 Å². The smallest absolute Gasteiger partial charge is 0.257 e. The Morgan fingerprint density at radius 3 is 2.72 bits per heavy atom. The van der Waals surface area contributed by atoms with Crippen molar-refractivity contribution in [3.05, 3.63) is 84.7 Å². The zero-order chi connectivity index (χ0) is 21.8. The zero-order valence-corrected chi connectivity index (χ0v) is 17.6. The molecule has 0 saturated carbocycles. The standard InChI is InChI=1S/C26H24N4O2/c31-26(29-20-6-3-13-28-17-20)23-8-2-4-18-9-10-24(30-25(18)23)19-5-1-7-22(16-19)32-21-11-14-27-15-12-21/h1-10,13,16-17,21,27H,11-12,14-15H2,(H,29,31). The minimum atomic E-state index is -0.212. The molecule has 6 nitrogen and oxygen atoms in total. The molecule has 2 aromatic carbocycles. The summed E-state index contributed by atoms with van der Waals surface area (Å²) in [5.41, 5.74) is 3.59. The summed E-state index contributed by atoms with van der Waals surface area (Å²) in [7, 11) is 0. The van der Waals surface area contributed by atoms with E-state index in [0.29, 0.717) is 16.8 Å². The number of ether oxygens (including phenoxy) is 1. The first-order valence-electron chi connectivity index (χ1n) is 10.9. The molecule has 0 bridgehead atoms. The number of para-hydroxylation sites is 1. The van der Waals surface area contributed by atoms with E-state index < -0.39 is 0 Å². The van der Waals surface area contributed by atoms with Crippen LogP contribution in [0.3, 0.4) is 0 Å². The molecule has 1 saturated heterocycles. The van der Waals surface area contributed by atoms with Crippen molar-refractivity contribution in [2.24, 2.45) is 0 Å². The lowest BCUT2D eigenvalue weighted by Gasteiger charge is -2.24. The minimum absolute atomic E-state index is 0.212. The number of benzene rings is 2. The van der Waals surface area contributed by atoms with Crippen LogP contribution in [0.25, 0.3) is 22.2 Å². The normalized spacial score (nSPS) is 14.2. The number of hydrogen-bond donors (Lipinski definition) is 2. The molecule has 1 aliphatic heterocycles. The van der Waals surface area contributed by atoms with Gasteiger partial charge in [0.15, 0.2) is 0 Å². The van der Waals surface area contributed by atoms with Crippen LogP contribution in [-0.4, -0.2) is 35.1 Å². The number of amides is 1. The Hall–Kier alpha value is -3.77. The van der Waals surface area contributed by atoms with Gasteiger partial charge < -0.3 is 15.4 Å². The van der Waals surface area contributed by atoms with Crippen molar-refractivity contribution in [3.63, 3.8) is 0 Å². The van der Waals surface area contributed by atoms with Gasteiger partial charge in [-0.05, 0) is 62.3 Å². The van der Waals surface area contributed by atoms with Crippen molar-refractivity contribution < 1.29 is 9.53 Å². The van der Waals surface area contributed by atoms with Crippen LogP contribution in [0.2, 0.25) is 0 Å². The molecular weight excluding hydrogens is 400 g/mol. The first-order chi connectivity index (χ1) is 15.8. The highest BCUT2D eigenvalue weighted by molar-refractivity contribution is 6.12. The van der Waals surface area contributed by atoms with Crippen LogP contribution in [0.4, 0.5) is 5.69 Å². The van der Waals surface area contributed by atoms with Crippen molar-refractivity contribution in [1.29, 1.82) is 0 Å². The van der Waals surface area contributed by atoms with Gasteiger partial charge in [-0.1, -0.05) is 30.3 Å². The molecule has 0 unspecified atom stereocenters. The fourth-order valence-corrected chi connectivity index (χ4v) is 3.96. The van der Waals surface area contributed by atoms with Crippen molar-refractivity contribution >= 4 is 22.5 Å². The third-order valence-corrected chi connectivity index (χ3v) is 5.60. The number of hydrogen-bond acceptors (Lipinski definition) is 5. The number of carbonyl (C=O) groups is 1. The molecule has 4 aromatic rings. The quantitative estimate of drug-likeness (QED) is 0.487. The maximum Gasteiger partial charge on any atom is 0.257 e. The van der Waals surface area contributed by atoms with Gasteiger partial charge >= 0.3 is 0 Å². The molecule has 32 heavy (non-hydrogen) atoms. The van der Waals surface area contributed by atoms with Crippen LogP contribution >= 0.6 is 0 Å². The highest BCUT2D eigenvalue weighted by atomic mass is 16.5. The van der Waals surface area contributed by atoms with Crippen molar-refractivity contribution in [2.45, 2.75) is 18.9 Å². The summed E-state index contributed by atoms with van der Waals surface area (Å²) in [6.45, 7) is 1.97. The lowest BCUT2D eigenvalue weighted by Crippen LogP contribution is -2.34. The molecule has 1 aliphatic rings. The number of carbonyl (C=O) groups excluding carboxylic acids is 1. The number of rotatable bonds is 5. The van der Waals surface area contributed by atoms with Crippen LogP contribution in [0, 0.1) is 0 Å². The van der Waals surface area contributed by atoms with E-state index in [1.54, 1.807) is 24.5 Å².